The third-order valence-corrected chi connectivity index (χ3v) is 2.59. The van der Waals surface area contributed by atoms with Gasteiger partial charge in [0.2, 0.25) is 0 Å². The van der Waals surface area contributed by atoms with Crippen LogP contribution in [0.1, 0.15) is 10.4 Å². The summed E-state index contributed by atoms with van der Waals surface area (Å²) in [4.78, 5) is 11.0. The molecule has 0 heterocycles. The molecule has 0 aliphatic carbocycles. The molecule has 2 aromatic carbocycles. The Morgan fingerprint density at radius 3 is 1.88 bits per heavy atom. The molecule has 2 rings (SSSR count). The van der Waals surface area contributed by atoms with Crippen molar-refractivity contribution in [3.63, 3.8) is 0 Å². The Kier molecular flexibility index (Phi) is 5.90. The molecule has 82 valence electrons. The summed E-state index contributed by atoms with van der Waals surface area (Å²) in [7, 11) is 0. The number of rotatable bonds is 1. The second-order valence-corrected chi connectivity index (χ2v) is 4.44. The lowest BCUT2D eigenvalue weighted by Crippen LogP contribution is -1.75. The second kappa shape index (κ2) is 7.25. The van der Waals surface area contributed by atoms with Crippen LogP contribution in [0, 0.1) is 0 Å². The summed E-state index contributed by atoms with van der Waals surface area (Å²) in [6.45, 7) is 0. The third-order valence-electron chi connectivity index (χ3n) is 1.76. The van der Waals surface area contributed by atoms with Gasteiger partial charge in [-0.1, -0.05) is 46.3 Å². The topological polar surface area (TPSA) is 17.1 Å². The highest BCUT2D eigenvalue weighted by Crippen LogP contribution is 2.05. The van der Waals surface area contributed by atoms with E-state index in [1.54, 1.807) is 24.3 Å². The molecule has 3 heteroatoms. The first-order valence-electron chi connectivity index (χ1n) is 4.67. The minimum Gasteiger partial charge on any atom is -0.298 e. The van der Waals surface area contributed by atoms with E-state index in [4.69, 9.17) is 0 Å². The number of halogens is 1. The highest BCUT2D eigenvalue weighted by Gasteiger charge is 1.85. The smallest absolute Gasteiger partial charge is 0.150 e. The Balaban J connectivity index is 0.000000165. The molecule has 0 atom stereocenters. The van der Waals surface area contributed by atoms with Crippen molar-refractivity contribution in [2.45, 2.75) is 4.90 Å². The minimum atomic E-state index is 0.688. The zero-order valence-electron chi connectivity index (χ0n) is 8.51. The third kappa shape index (κ3) is 5.14. The quantitative estimate of drug-likeness (QED) is 0.615. The van der Waals surface area contributed by atoms with Gasteiger partial charge in [-0.15, -0.1) is 12.6 Å². The molecule has 0 unspecified atom stereocenters. The van der Waals surface area contributed by atoms with E-state index in [2.05, 4.69) is 28.6 Å². The highest BCUT2D eigenvalue weighted by atomic mass is 79.9. The molecule has 0 fully saturated rings. The maximum absolute atomic E-state index is 10.1. The number of hydrogen-bond acceptors (Lipinski definition) is 2. The summed E-state index contributed by atoms with van der Waals surface area (Å²) in [5.41, 5.74) is 0.688. The molecule has 0 amide bonds. The molecule has 0 saturated carbocycles. The van der Waals surface area contributed by atoms with Crippen molar-refractivity contribution in [3.8, 4) is 0 Å². The van der Waals surface area contributed by atoms with Crippen LogP contribution < -0.4 is 0 Å². The van der Waals surface area contributed by atoms with Crippen molar-refractivity contribution in [3.05, 3.63) is 64.6 Å². The number of hydrogen-bond donors (Lipinski definition) is 1. The van der Waals surface area contributed by atoms with Gasteiger partial charge in [0, 0.05) is 14.9 Å². The van der Waals surface area contributed by atoms with E-state index in [1.165, 1.54) is 0 Å². The van der Waals surface area contributed by atoms with Crippen molar-refractivity contribution >= 4 is 34.8 Å². The zero-order valence-corrected chi connectivity index (χ0v) is 11.0. The molecule has 0 spiro atoms. The van der Waals surface area contributed by atoms with E-state index in [9.17, 15) is 4.79 Å². The maximum Gasteiger partial charge on any atom is 0.150 e. The van der Waals surface area contributed by atoms with Crippen LogP contribution in [0.5, 0.6) is 0 Å². The Hall–Kier alpha value is -1.06. The van der Waals surface area contributed by atoms with E-state index in [1.807, 2.05) is 30.3 Å². The van der Waals surface area contributed by atoms with Crippen molar-refractivity contribution in [1.82, 2.24) is 0 Å². The molecule has 0 radical (unpaired) electrons. The summed E-state index contributed by atoms with van der Waals surface area (Å²) in [5, 5.41) is 0. The van der Waals surface area contributed by atoms with E-state index in [0.717, 1.165) is 15.7 Å². The first-order chi connectivity index (χ1) is 7.72. The number of carbonyl (C=O) groups excluding carboxylic acids is 1. The van der Waals surface area contributed by atoms with Gasteiger partial charge in [0.1, 0.15) is 6.29 Å². The van der Waals surface area contributed by atoms with Gasteiger partial charge in [-0.3, -0.25) is 4.79 Å². The van der Waals surface area contributed by atoms with E-state index >= 15 is 0 Å². The molecule has 2 aromatic rings. The molecule has 1 nitrogen and oxygen atoms in total. The van der Waals surface area contributed by atoms with Crippen molar-refractivity contribution in [2.24, 2.45) is 0 Å². The van der Waals surface area contributed by atoms with Gasteiger partial charge in [0.05, 0.1) is 0 Å². The number of carbonyl (C=O) groups is 1. The highest BCUT2D eigenvalue weighted by molar-refractivity contribution is 9.10. The maximum atomic E-state index is 10.1. The predicted molar refractivity (Wildman–Crippen MR) is 73.2 cm³/mol. The molecule has 0 aromatic heterocycles. The first-order valence-corrected chi connectivity index (χ1v) is 5.91. The van der Waals surface area contributed by atoms with Crippen LogP contribution in [0.15, 0.2) is 64.0 Å². The summed E-state index contributed by atoms with van der Waals surface area (Å²) >= 11 is 7.37. The van der Waals surface area contributed by atoms with Gasteiger partial charge in [0.15, 0.2) is 0 Å². The average molecular weight is 295 g/mol. The van der Waals surface area contributed by atoms with Crippen LogP contribution in [-0.4, -0.2) is 6.29 Å². The largest absolute Gasteiger partial charge is 0.298 e. The summed E-state index contributed by atoms with van der Waals surface area (Å²) < 4.78 is 1.13. The van der Waals surface area contributed by atoms with Gasteiger partial charge < -0.3 is 0 Å². The molecule has 0 aliphatic rings. The van der Waals surface area contributed by atoms with Crippen LogP contribution in [0.25, 0.3) is 0 Å². The predicted octanol–water partition coefficient (Wildman–Crippen LogP) is 4.24. The Morgan fingerprint density at radius 2 is 1.50 bits per heavy atom. The van der Waals surface area contributed by atoms with E-state index in [0.29, 0.717) is 5.56 Å². The van der Waals surface area contributed by atoms with E-state index in [-0.39, 0.29) is 0 Å². The van der Waals surface area contributed by atoms with E-state index < -0.39 is 0 Å². The van der Waals surface area contributed by atoms with Crippen LogP contribution in [0.3, 0.4) is 0 Å². The molecular formula is C13H11BrOS. The van der Waals surface area contributed by atoms with Gasteiger partial charge in [-0.2, -0.15) is 0 Å². The SMILES string of the molecule is Brc1ccccc1.O=Cc1ccc(S)cc1. The summed E-state index contributed by atoms with van der Waals surface area (Å²) in [6, 6.07) is 17.0. The lowest BCUT2D eigenvalue weighted by molar-refractivity contribution is 0.112. The first kappa shape index (κ1) is 13.0. The lowest BCUT2D eigenvalue weighted by Gasteiger charge is -1.88. The summed E-state index contributed by atoms with van der Waals surface area (Å²) in [6.07, 6.45) is 0.813. The monoisotopic (exact) mass is 294 g/mol. The van der Waals surface area contributed by atoms with Crippen molar-refractivity contribution in [1.29, 1.82) is 0 Å². The fraction of sp³-hybridized carbons (Fsp3) is 0. The standard InChI is InChI=1S/C7H6OS.C6H5Br/c8-5-6-1-3-7(9)4-2-6;7-6-4-2-1-3-5-6/h1-5,9H;1-5H. The Labute approximate surface area is 109 Å². The number of thiol groups is 1. The summed E-state index contributed by atoms with van der Waals surface area (Å²) in [5.74, 6) is 0. The molecule has 0 saturated heterocycles. The van der Waals surface area contributed by atoms with Crippen LogP contribution >= 0.6 is 28.6 Å². The minimum absolute atomic E-state index is 0.688. The molecule has 0 bridgehead atoms. The number of benzene rings is 2. The average Bonchev–Trinajstić information content (AvgIpc) is 2.32. The van der Waals surface area contributed by atoms with Crippen LogP contribution in [0.4, 0.5) is 0 Å². The second-order valence-electron chi connectivity index (χ2n) is 3.00. The fourth-order valence-electron chi connectivity index (χ4n) is 0.968. The zero-order chi connectivity index (χ0) is 11.8. The van der Waals surface area contributed by atoms with Crippen molar-refractivity contribution in [2.75, 3.05) is 0 Å². The lowest BCUT2D eigenvalue weighted by atomic mass is 10.2. The van der Waals surface area contributed by atoms with Gasteiger partial charge in [-0.25, -0.2) is 0 Å². The molecule has 0 N–H and O–H groups in total. The fourth-order valence-corrected chi connectivity index (χ4v) is 1.42. The van der Waals surface area contributed by atoms with Crippen LogP contribution in [0.2, 0.25) is 0 Å². The Morgan fingerprint density at radius 1 is 0.938 bits per heavy atom. The number of aldehydes is 1. The van der Waals surface area contributed by atoms with Crippen molar-refractivity contribution < 1.29 is 4.79 Å². The van der Waals surface area contributed by atoms with Crippen LogP contribution in [-0.2, 0) is 0 Å². The normalized spacial score (nSPS) is 8.88. The molecular weight excluding hydrogens is 284 g/mol. The van der Waals surface area contributed by atoms with Gasteiger partial charge in [-0.05, 0) is 24.3 Å². The van der Waals surface area contributed by atoms with Gasteiger partial charge in [0.25, 0.3) is 0 Å². The molecule has 0 aliphatic heterocycles. The molecule has 16 heavy (non-hydrogen) atoms. The Bertz CT molecular complexity index is 425. The van der Waals surface area contributed by atoms with Gasteiger partial charge >= 0.3 is 0 Å².